The molecule has 0 saturated heterocycles. The molecule has 1 aromatic carbocycles. The Balaban J connectivity index is 2.80. The van der Waals surface area contributed by atoms with Crippen molar-refractivity contribution >= 4 is 28.5 Å². The van der Waals surface area contributed by atoms with Gasteiger partial charge in [-0.3, -0.25) is 4.79 Å². The van der Waals surface area contributed by atoms with E-state index < -0.39 is 28.9 Å². The fraction of sp³-hybridized carbons (Fsp3) is 0.300. The standard InChI is InChI=1S/C10H9F3INO/c11-7-3-2-6(8(12)9(7)13)10(16)15-5-1-4-14/h2-3H,1,4-5H2,(H,15,16). The average molecular weight is 343 g/mol. The van der Waals surface area contributed by atoms with Gasteiger partial charge in [0.25, 0.3) is 5.91 Å². The second-order valence-electron chi connectivity index (χ2n) is 3.02. The summed E-state index contributed by atoms with van der Waals surface area (Å²) in [5, 5.41) is 2.41. The molecule has 0 aliphatic heterocycles. The van der Waals surface area contributed by atoms with Gasteiger partial charge in [0.15, 0.2) is 17.5 Å². The molecule has 6 heteroatoms. The van der Waals surface area contributed by atoms with Crippen LogP contribution in [0, 0.1) is 17.5 Å². The highest BCUT2D eigenvalue weighted by atomic mass is 127. The number of nitrogens with one attached hydrogen (secondary N) is 1. The van der Waals surface area contributed by atoms with E-state index in [2.05, 4.69) is 27.9 Å². The molecule has 1 amide bonds. The van der Waals surface area contributed by atoms with E-state index in [1.54, 1.807) is 0 Å². The van der Waals surface area contributed by atoms with Crippen molar-refractivity contribution in [3.63, 3.8) is 0 Å². The summed E-state index contributed by atoms with van der Waals surface area (Å²) in [4.78, 5) is 11.4. The zero-order valence-corrected chi connectivity index (χ0v) is 10.4. The van der Waals surface area contributed by atoms with Crippen molar-refractivity contribution < 1.29 is 18.0 Å². The monoisotopic (exact) mass is 343 g/mol. The summed E-state index contributed by atoms with van der Waals surface area (Å²) in [6, 6.07) is 1.65. The predicted molar refractivity (Wildman–Crippen MR) is 62.2 cm³/mol. The third-order valence-corrected chi connectivity index (χ3v) is 2.64. The molecule has 1 N–H and O–H groups in total. The van der Waals surface area contributed by atoms with Gasteiger partial charge in [0, 0.05) is 11.0 Å². The molecule has 2 nitrogen and oxygen atoms in total. The van der Waals surface area contributed by atoms with Crippen LogP contribution in [-0.2, 0) is 0 Å². The largest absolute Gasteiger partial charge is 0.352 e. The molecule has 0 heterocycles. The van der Waals surface area contributed by atoms with Crippen molar-refractivity contribution in [3.8, 4) is 0 Å². The summed E-state index contributed by atoms with van der Waals surface area (Å²) in [5.41, 5.74) is -0.479. The number of amides is 1. The first kappa shape index (κ1) is 13.3. The zero-order valence-electron chi connectivity index (χ0n) is 8.20. The van der Waals surface area contributed by atoms with Gasteiger partial charge >= 0.3 is 0 Å². The number of hydrogen-bond acceptors (Lipinski definition) is 1. The van der Waals surface area contributed by atoms with Gasteiger partial charge in [0.05, 0.1) is 5.56 Å². The van der Waals surface area contributed by atoms with Gasteiger partial charge in [-0.25, -0.2) is 13.2 Å². The van der Waals surface area contributed by atoms with E-state index in [1.807, 2.05) is 0 Å². The van der Waals surface area contributed by atoms with Gasteiger partial charge in [-0.05, 0) is 18.6 Å². The van der Waals surface area contributed by atoms with Crippen molar-refractivity contribution in [2.24, 2.45) is 0 Å². The predicted octanol–water partition coefficient (Wildman–Crippen LogP) is 2.66. The van der Waals surface area contributed by atoms with E-state index in [9.17, 15) is 18.0 Å². The molecule has 0 saturated carbocycles. The molecule has 0 bridgehead atoms. The normalized spacial score (nSPS) is 10.2. The lowest BCUT2D eigenvalue weighted by atomic mass is 10.2. The quantitative estimate of drug-likeness (QED) is 0.387. The maximum Gasteiger partial charge on any atom is 0.254 e. The Labute approximate surface area is 104 Å². The minimum absolute atomic E-state index is 0.375. The SMILES string of the molecule is O=C(NCCCI)c1ccc(F)c(F)c1F. The number of carbonyl (C=O) groups excluding carboxylic acids is 1. The van der Waals surface area contributed by atoms with Crippen LogP contribution in [0.1, 0.15) is 16.8 Å². The maximum atomic E-state index is 13.1. The number of hydrogen-bond donors (Lipinski definition) is 1. The van der Waals surface area contributed by atoms with Crippen molar-refractivity contribution in [1.82, 2.24) is 5.32 Å². The van der Waals surface area contributed by atoms with Crippen LogP contribution in [0.2, 0.25) is 0 Å². The first-order chi connectivity index (χ1) is 7.57. The molecule has 0 aliphatic carbocycles. The Morgan fingerprint density at radius 3 is 2.56 bits per heavy atom. The summed E-state index contributed by atoms with van der Waals surface area (Å²) in [6.07, 6.45) is 0.734. The summed E-state index contributed by atoms with van der Waals surface area (Å²) in [7, 11) is 0. The number of benzene rings is 1. The lowest BCUT2D eigenvalue weighted by molar-refractivity contribution is 0.0948. The molecule has 0 radical (unpaired) electrons. The zero-order chi connectivity index (χ0) is 12.1. The van der Waals surface area contributed by atoms with Crippen LogP contribution in [0.15, 0.2) is 12.1 Å². The molecule has 0 unspecified atom stereocenters. The number of alkyl halides is 1. The van der Waals surface area contributed by atoms with E-state index in [-0.39, 0.29) is 0 Å². The van der Waals surface area contributed by atoms with Crippen molar-refractivity contribution in [1.29, 1.82) is 0 Å². The Kier molecular flexibility index (Phi) is 5.04. The van der Waals surface area contributed by atoms with Gasteiger partial charge in [-0.15, -0.1) is 0 Å². The molecule has 88 valence electrons. The first-order valence-electron chi connectivity index (χ1n) is 4.55. The highest BCUT2D eigenvalue weighted by molar-refractivity contribution is 14.1. The first-order valence-corrected chi connectivity index (χ1v) is 6.08. The molecule has 0 spiro atoms. The topological polar surface area (TPSA) is 29.1 Å². The van der Waals surface area contributed by atoms with Gasteiger partial charge in [0.1, 0.15) is 0 Å². The molecular formula is C10H9F3INO. The number of rotatable bonds is 4. The third kappa shape index (κ3) is 3.10. The van der Waals surface area contributed by atoms with E-state index in [4.69, 9.17) is 0 Å². The fourth-order valence-electron chi connectivity index (χ4n) is 1.07. The smallest absolute Gasteiger partial charge is 0.254 e. The van der Waals surface area contributed by atoms with Crippen LogP contribution in [0.5, 0.6) is 0 Å². The molecule has 0 aromatic heterocycles. The average Bonchev–Trinajstić information content (AvgIpc) is 2.26. The Bertz CT molecular complexity index is 398. The summed E-state index contributed by atoms with van der Waals surface area (Å²) >= 11 is 2.13. The van der Waals surface area contributed by atoms with Crippen molar-refractivity contribution in [2.75, 3.05) is 11.0 Å². The summed E-state index contributed by atoms with van der Waals surface area (Å²) < 4.78 is 39.4. The summed E-state index contributed by atoms with van der Waals surface area (Å²) in [5.74, 6) is -5.11. The molecule has 0 atom stereocenters. The van der Waals surface area contributed by atoms with E-state index in [0.717, 1.165) is 23.0 Å². The van der Waals surface area contributed by atoms with E-state index in [0.29, 0.717) is 6.54 Å². The Hall–Kier alpha value is -0.790. The van der Waals surface area contributed by atoms with Crippen LogP contribution >= 0.6 is 22.6 Å². The highest BCUT2D eigenvalue weighted by Gasteiger charge is 2.18. The molecule has 16 heavy (non-hydrogen) atoms. The second kappa shape index (κ2) is 6.07. The van der Waals surface area contributed by atoms with Crippen LogP contribution in [0.3, 0.4) is 0 Å². The van der Waals surface area contributed by atoms with Crippen molar-refractivity contribution in [3.05, 3.63) is 35.1 Å². The van der Waals surface area contributed by atoms with Crippen molar-refractivity contribution in [2.45, 2.75) is 6.42 Å². The Morgan fingerprint density at radius 2 is 1.94 bits per heavy atom. The maximum absolute atomic E-state index is 13.1. The van der Waals surface area contributed by atoms with Gasteiger partial charge < -0.3 is 5.32 Å². The fourth-order valence-corrected chi connectivity index (χ4v) is 1.45. The van der Waals surface area contributed by atoms with Gasteiger partial charge in [-0.2, -0.15) is 0 Å². The minimum atomic E-state index is -1.62. The lowest BCUT2D eigenvalue weighted by Gasteiger charge is -2.05. The molecule has 0 aliphatic rings. The number of halogens is 4. The second-order valence-corrected chi connectivity index (χ2v) is 4.10. The highest BCUT2D eigenvalue weighted by Crippen LogP contribution is 2.14. The molecule has 1 aromatic rings. The Morgan fingerprint density at radius 1 is 1.25 bits per heavy atom. The van der Waals surface area contributed by atoms with Crippen LogP contribution in [0.4, 0.5) is 13.2 Å². The van der Waals surface area contributed by atoms with Crippen LogP contribution < -0.4 is 5.32 Å². The van der Waals surface area contributed by atoms with Gasteiger partial charge in [0.2, 0.25) is 0 Å². The molecular weight excluding hydrogens is 334 g/mol. The number of carbonyl (C=O) groups is 1. The molecule has 1 rings (SSSR count). The lowest BCUT2D eigenvalue weighted by Crippen LogP contribution is -2.26. The van der Waals surface area contributed by atoms with E-state index in [1.165, 1.54) is 0 Å². The van der Waals surface area contributed by atoms with Gasteiger partial charge in [-0.1, -0.05) is 22.6 Å². The third-order valence-electron chi connectivity index (χ3n) is 1.88. The van der Waals surface area contributed by atoms with Crippen LogP contribution in [0.25, 0.3) is 0 Å². The molecule has 0 fully saturated rings. The van der Waals surface area contributed by atoms with E-state index >= 15 is 0 Å². The minimum Gasteiger partial charge on any atom is -0.352 e. The summed E-state index contributed by atoms with van der Waals surface area (Å²) in [6.45, 7) is 0.375. The van der Waals surface area contributed by atoms with Crippen LogP contribution in [-0.4, -0.2) is 16.9 Å².